The van der Waals surface area contributed by atoms with E-state index in [1.54, 1.807) is 6.92 Å². The molecule has 1 unspecified atom stereocenters. The van der Waals surface area contributed by atoms with Crippen molar-refractivity contribution in [2.24, 2.45) is 0 Å². The number of H-pyrrole nitrogens is 1. The van der Waals surface area contributed by atoms with Gasteiger partial charge in [0.1, 0.15) is 5.56 Å². The van der Waals surface area contributed by atoms with Gasteiger partial charge in [0.05, 0.1) is 11.8 Å². The van der Waals surface area contributed by atoms with Gasteiger partial charge < -0.3 is 15.0 Å². The van der Waals surface area contributed by atoms with Gasteiger partial charge in [0.25, 0.3) is 17.9 Å². The predicted octanol–water partition coefficient (Wildman–Crippen LogP) is 1.84. The lowest BCUT2D eigenvalue weighted by molar-refractivity contribution is 0.0868. The maximum absolute atomic E-state index is 12.5. The van der Waals surface area contributed by atoms with Crippen LogP contribution in [0.5, 0.6) is 0 Å². The van der Waals surface area contributed by atoms with Crippen molar-refractivity contribution in [1.82, 2.24) is 10.3 Å². The molecule has 1 heterocycles. The highest BCUT2D eigenvalue weighted by molar-refractivity contribution is 9.10. The maximum atomic E-state index is 12.5. The van der Waals surface area contributed by atoms with Crippen LogP contribution in [-0.2, 0) is 4.74 Å². The molecule has 2 N–H and O–H groups in total. The number of amides is 1. The number of halogens is 3. The van der Waals surface area contributed by atoms with Crippen LogP contribution < -0.4 is 10.9 Å². The summed E-state index contributed by atoms with van der Waals surface area (Å²) in [5.74, 6) is -0.647. The molecule has 0 bridgehead atoms. The Bertz CT molecular complexity index is 519. The number of alkyl halides is 2. The topological polar surface area (TPSA) is 71.2 Å². The third-order valence-corrected chi connectivity index (χ3v) is 3.09. The summed E-state index contributed by atoms with van der Waals surface area (Å²) in [6.07, 6.45) is -3.04. The van der Waals surface area contributed by atoms with Crippen LogP contribution in [0.25, 0.3) is 0 Å². The molecule has 19 heavy (non-hydrogen) atoms. The summed E-state index contributed by atoms with van der Waals surface area (Å²) >= 11 is 2.89. The number of methoxy groups -OCH3 is 1. The van der Waals surface area contributed by atoms with Crippen molar-refractivity contribution in [2.45, 2.75) is 19.5 Å². The van der Waals surface area contributed by atoms with Gasteiger partial charge in [-0.2, -0.15) is 0 Å². The number of hydrogen-bond donors (Lipinski definition) is 2. The second-order valence-electron chi connectivity index (χ2n) is 3.83. The molecule has 0 saturated carbocycles. The quantitative estimate of drug-likeness (QED) is 0.860. The minimum Gasteiger partial charge on any atom is -0.380 e. The summed E-state index contributed by atoms with van der Waals surface area (Å²) in [6, 6.07) is 1.08. The highest BCUT2D eigenvalue weighted by Crippen LogP contribution is 2.24. The van der Waals surface area contributed by atoms with E-state index in [4.69, 9.17) is 4.74 Å². The van der Waals surface area contributed by atoms with Gasteiger partial charge in [-0.25, -0.2) is 8.78 Å². The van der Waals surface area contributed by atoms with E-state index in [9.17, 15) is 18.4 Å². The summed E-state index contributed by atoms with van der Waals surface area (Å²) < 4.78 is 30.0. The van der Waals surface area contributed by atoms with Crippen LogP contribution in [0.2, 0.25) is 0 Å². The summed E-state index contributed by atoms with van der Waals surface area (Å²) in [7, 11) is 1.48. The highest BCUT2D eigenvalue weighted by Gasteiger charge is 2.18. The average Bonchev–Trinajstić information content (AvgIpc) is 2.37. The van der Waals surface area contributed by atoms with E-state index in [-0.39, 0.29) is 22.7 Å². The second-order valence-corrected chi connectivity index (χ2v) is 4.69. The third-order valence-electron chi connectivity index (χ3n) is 2.44. The molecule has 0 aliphatic heterocycles. The van der Waals surface area contributed by atoms with E-state index < -0.39 is 23.6 Å². The molecular formula is C11H13BrF2N2O3. The fourth-order valence-electron chi connectivity index (χ4n) is 1.26. The summed E-state index contributed by atoms with van der Waals surface area (Å²) in [6.45, 7) is 1.95. The van der Waals surface area contributed by atoms with Gasteiger partial charge in [0.15, 0.2) is 0 Å². The summed E-state index contributed by atoms with van der Waals surface area (Å²) in [5.41, 5.74) is -1.65. The number of carbonyl (C=O) groups is 1. The first-order valence-corrected chi connectivity index (χ1v) is 6.18. The first-order valence-electron chi connectivity index (χ1n) is 5.38. The van der Waals surface area contributed by atoms with Crippen molar-refractivity contribution >= 4 is 21.8 Å². The van der Waals surface area contributed by atoms with Crippen LogP contribution in [0.1, 0.15) is 29.4 Å². The van der Waals surface area contributed by atoms with Crippen LogP contribution in [0.3, 0.4) is 0 Å². The van der Waals surface area contributed by atoms with Gasteiger partial charge in [0.2, 0.25) is 0 Å². The average molecular weight is 339 g/mol. The molecule has 0 radical (unpaired) electrons. The van der Waals surface area contributed by atoms with Crippen molar-refractivity contribution in [3.63, 3.8) is 0 Å². The number of rotatable bonds is 5. The molecule has 1 rings (SSSR count). The van der Waals surface area contributed by atoms with E-state index in [0.29, 0.717) is 0 Å². The predicted molar refractivity (Wildman–Crippen MR) is 68.5 cm³/mol. The Balaban J connectivity index is 2.93. The molecule has 0 aromatic carbocycles. The Hall–Kier alpha value is -1.28. The number of pyridine rings is 1. The van der Waals surface area contributed by atoms with Gasteiger partial charge in [-0.05, 0) is 28.9 Å². The molecule has 5 nitrogen and oxygen atoms in total. The van der Waals surface area contributed by atoms with Crippen molar-refractivity contribution in [3.8, 4) is 0 Å². The number of hydrogen-bond acceptors (Lipinski definition) is 3. The Labute approximate surface area is 116 Å². The smallest absolute Gasteiger partial charge is 0.279 e. The van der Waals surface area contributed by atoms with Crippen LogP contribution in [0.15, 0.2) is 15.3 Å². The normalized spacial score (nSPS) is 12.5. The number of nitrogens with one attached hydrogen (secondary N) is 2. The van der Waals surface area contributed by atoms with Gasteiger partial charge >= 0.3 is 0 Å². The first kappa shape index (κ1) is 15.8. The van der Waals surface area contributed by atoms with E-state index in [2.05, 4.69) is 21.2 Å². The number of aromatic nitrogens is 1. The molecule has 8 heteroatoms. The van der Waals surface area contributed by atoms with Crippen LogP contribution >= 0.6 is 15.9 Å². The van der Waals surface area contributed by atoms with Crippen LogP contribution in [-0.4, -0.2) is 30.6 Å². The Morgan fingerprint density at radius 3 is 2.74 bits per heavy atom. The van der Waals surface area contributed by atoms with E-state index in [1.165, 1.54) is 7.11 Å². The lowest BCUT2D eigenvalue weighted by atomic mass is 10.2. The van der Waals surface area contributed by atoms with Gasteiger partial charge in [-0.3, -0.25) is 9.59 Å². The van der Waals surface area contributed by atoms with Crippen molar-refractivity contribution in [1.29, 1.82) is 0 Å². The number of aromatic amines is 1. The zero-order valence-electron chi connectivity index (χ0n) is 10.3. The lowest BCUT2D eigenvalue weighted by Gasteiger charge is -2.11. The Morgan fingerprint density at radius 2 is 2.21 bits per heavy atom. The summed E-state index contributed by atoms with van der Waals surface area (Å²) in [5, 5.41) is 2.47. The molecule has 1 atom stereocenters. The second kappa shape index (κ2) is 6.76. The van der Waals surface area contributed by atoms with Gasteiger partial charge in [-0.1, -0.05) is 0 Å². The van der Waals surface area contributed by atoms with Gasteiger partial charge in [-0.15, -0.1) is 0 Å². The summed E-state index contributed by atoms with van der Waals surface area (Å²) in [4.78, 5) is 25.3. The molecule has 1 aromatic rings. The molecule has 1 aromatic heterocycles. The minimum atomic E-state index is -2.83. The Kier molecular flexibility index (Phi) is 5.61. The van der Waals surface area contributed by atoms with Crippen molar-refractivity contribution in [2.75, 3.05) is 13.7 Å². The molecule has 0 spiro atoms. The fourth-order valence-corrected chi connectivity index (χ4v) is 1.76. The molecule has 0 aliphatic carbocycles. The third kappa shape index (κ3) is 4.10. The molecule has 1 amide bonds. The number of carbonyl (C=O) groups excluding carboxylic acids is 1. The standard InChI is InChI=1S/C11H13BrF2N2O3/c1-5(19-2)4-15-10(17)6-3-7(12)8(9(13)14)16-11(6)18/h3,5,9H,4H2,1-2H3,(H,15,17)(H,16,18). The van der Waals surface area contributed by atoms with Gasteiger partial charge in [0, 0.05) is 18.1 Å². The zero-order chi connectivity index (χ0) is 14.6. The zero-order valence-corrected chi connectivity index (χ0v) is 11.9. The minimum absolute atomic E-state index is 0.0213. The molecule has 0 fully saturated rings. The molecular weight excluding hydrogens is 326 g/mol. The fraction of sp³-hybridized carbons (Fsp3) is 0.455. The maximum Gasteiger partial charge on any atom is 0.279 e. The highest BCUT2D eigenvalue weighted by atomic mass is 79.9. The number of ether oxygens (including phenoxy) is 1. The van der Waals surface area contributed by atoms with E-state index >= 15 is 0 Å². The van der Waals surface area contributed by atoms with Crippen LogP contribution in [0.4, 0.5) is 8.78 Å². The molecule has 106 valence electrons. The molecule has 0 aliphatic rings. The van der Waals surface area contributed by atoms with E-state index in [0.717, 1.165) is 6.07 Å². The van der Waals surface area contributed by atoms with Crippen molar-refractivity contribution < 1.29 is 18.3 Å². The SMILES string of the molecule is COC(C)CNC(=O)c1cc(Br)c(C(F)F)[nH]c1=O. The van der Waals surface area contributed by atoms with Crippen LogP contribution in [0, 0.1) is 0 Å². The Morgan fingerprint density at radius 1 is 1.58 bits per heavy atom. The van der Waals surface area contributed by atoms with Crippen molar-refractivity contribution in [3.05, 3.63) is 32.2 Å². The largest absolute Gasteiger partial charge is 0.380 e. The molecule has 0 saturated heterocycles. The first-order chi connectivity index (χ1) is 8.86. The monoisotopic (exact) mass is 338 g/mol. The van der Waals surface area contributed by atoms with E-state index in [1.807, 2.05) is 4.98 Å². The lowest BCUT2D eigenvalue weighted by Crippen LogP contribution is -2.35.